The van der Waals surface area contributed by atoms with E-state index in [9.17, 15) is 34.5 Å². The van der Waals surface area contributed by atoms with Crippen LogP contribution in [0.4, 0.5) is 0 Å². The van der Waals surface area contributed by atoms with Crippen molar-refractivity contribution in [2.45, 2.75) is 302 Å². The van der Waals surface area contributed by atoms with Crippen molar-refractivity contribution in [2.24, 2.45) is 0 Å². The summed E-state index contributed by atoms with van der Waals surface area (Å²) in [6.07, 6.45) is 73.9. The fraction of sp³-hybridized carbons (Fsp3) is 0.653. The van der Waals surface area contributed by atoms with Gasteiger partial charge in [-0.2, -0.15) is 0 Å². The quantitative estimate of drug-likeness (QED) is 0.0228. The predicted molar refractivity (Wildman–Crippen MR) is 358 cm³/mol. The van der Waals surface area contributed by atoms with E-state index in [2.05, 4.69) is 154 Å². The van der Waals surface area contributed by atoms with E-state index in [-0.39, 0.29) is 25.9 Å². The predicted octanol–water partition coefficient (Wildman–Crippen LogP) is 18.9. The largest absolute Gasteiger partial charge is 0.479 e. The van der Waals surface area contributed by atoms with Crippen molar-refractivity contribution in [2.75, 3.05) is 13.2 Å². The maximum atomic E-state index is 13.2. The van der Waals surface area contributed by atoms with Crippen molar-refractivity contribution in [3.8, 4) is 0 Å². The molecular weight excluding hydrogens is 1090 g/mol. The molecule has 12 heteroatoms. The molecule has 1 saturated heterocycles. The topological polar surface area (TPSA) is 175 Å². The Labute approximate surface area is 528 Å². The number of hydrogen-bond donors (Lipinski definition) is 3. The Balaban J connectivity index is 2.70. The Morgan fingerprint density at radius 3 is 1.11 bits per heavy atom. The van der Waals surface area contributed by atoms with Gasteiger partial charge in [0, 0.05) is 19.3 Å². The summed E-state index contributed by atoms with van der Waals surface area (Å²) in [4.78, 5) is 51.5. The summed E-state index contributed by atoms with van der Waals surface area (Å²) in [5.74, 6) is -3.21. The second-order valence-electron chi connectivity index (χ2n) is 22.7. The highest BCUT2D eigenvalue weighted by Crippen LogP contribution is 2.26. The lowest BCUT2D eigenvalue weighted by atomic mass is 9.98. The molecule has 87 heavy (non-hydrogen) atoms. The van der Waals surface area contributed by atoms with Gasteiger partial charge in [-0.15, -0.1) is 0 Å². The fourth-order valence-electron chi connectivity index (χ4n) is 9.47. The molecule has 0 spiro atoms. The molecule has 6 atom stereocenters. The molecule has 12 nitrogen and oxygen atoms in total. The van der Waals surface area contributed by atoms with Crippen LogP contribution >= 0.6 is 0 Å². The molecule has 0 aromatic carbocycles. The van der Waals surface area contributed by atoms with Crippen LogP contribution in [0, 0.1) is 0 Å². The van der Waals surface area contributed by atoms with Crippen LogP contribution < -0.4 is 0 Å². The minimum atomic E-state index is -1.92. The van der Waals surface area contributed by atoms with E-state index in [0.29, 0.717) is 19.3 Å². The fourth-order valence-corrected chi connectivity index (χ4v) is 9.47. The van der Waals surface area contributed by atoms with Crippen LogP contribution in [-0.2, 0) is 42.9 Å². The molecular formula is C75H120O12. The smallest absolute Gasteiger partial charge is 0.335 e. The molecule has 0 amide bonds. The number of aliphatic hydroxyl groups excluding tert-OH is 2. The number of carbonyl (C=O) groups excluding carboxylic acids is 3. The van der Waals surface area contributed by atoms with Crippen LogP contribution in [0.2, 0.25) is 0 Å². The number of allylic oxidation sites excluding steroid dienone is 22. The van der Waals surface area contributed by atoms with Crippen molar-refractivity contribution in [3.63, 3.8) is 0 Å². The SMILES string of the molecule is CC/C=C\C/C=C\C/C=C\C/C=C\C/C=C\CCCCCC(=O)OCC(COC1OC(C(=O)O)C(O)C(O)C1OC(=O)CCCCCCCC/C=C\C/C=C\C/C=C\CCCCC)OC(=O)CCCCCCCC/C=C\C/C=C\C/C=C\CCCCC. The van der Waals surface area contributed by atoms with Crippen LogP contribution in [0.15, 0.2) is 134 Å². The van der Waals surface area contributed by atoms with Crippen LogP contribution in [-0.4, -0.2) is 89.2 Å². The molecule has 1 aliphatic heterocycles. The van der Waals surface area contributed by atoms with Crippen molar-refractivity contribution >= 4 is 23.9 Å². The zero-order valence-corrected chi connectivity index (χ0v) is 54.5. The van der Waals surface area contributed by atoms with Crippen molar-refractivity contribution in [1.29, 1.82) is 0 Å². The number of unbranched alkanes of at least 4 members (excludes halogenated alkanes) is 21. The van der Waals surface area contributed by atoms with Crippen molar-refractivity contribution in [1.82, 2.24) is 0 Å². The average Bonchev–Trinajstić information content (AvgIpc) is 2.56. The van der Waals surface area contributed by atoms with Crippen LogP contribution in [0.1, 0.15) is 265 Å². The van der Waals surface area contributed by atoms with Gasteiger partial charge in [0.05, 0.1) is 6.61 Å². The minimum absolute atomic E-state index is 0.0339. The van der Waals surface area contributed by atoms with E-state index in [1.807, 2.05) is 0 Å². The lowest BCUT2D eigenvalue weighted by molar-refractivity contribution is -0.301. The van der Waals surface area contributed by atoms with Gasteiger partial charge < -0.3 is 39.0 Å². The van der Waals surface area contributed by atoms with Gasteiger partial charge in [0.2, 0.25) is 0 Å². The molecule has 0 bridgehead atoms. The van der Waals surface area contributed by atoms with Gasteiger partial charge in [-0.1, -0.05) is 238 Å². The van der Waals surface area contributed by atoms with Gasteiger partial charge in [-0.25, -0.2) is 4.79 Å². The number of carbonyl (C=O) groups is 4. The highest BCUT2D eigenvalue weighted by Gasteiger charge is 2.50. The zero-order chi connectivity index (χ0) is 63.1. The van der Waals surface area contributed by atoms with E-state index in [0.717, 1.165) is 161 Å². The van der Waals surface area contributed by atoms with E-state index in [4.69, 9.17) is 23.7 Å². The Kier molecular flexibility index (Phi) is 56.1. The van der Waals surface area contributed by atoms with Gasteiger partial charge in [0.15, 0.2) is 24.6 Å². The molecule has 492 valence electrons. The van der Waals surface area contributed by atoms with Crippen molar-refractivity contribution in [3.05, 3.63) is 134 Å². The minimum Gasteiger partial charge on any atom is -0.479 e. The van der Waals surface area contributed by atoms with Gasteiger partial charge in [0.1, 0.15) is 18.8 Å². The summed E-state index contributed by atoms with van der Waals surface area (Å²) in [7, 11) is 0. The highest BCUT2D eigenvalue weighted by atomic mass is 16.7. The number of aliphatic hydroxyl groups is 2. The first-order valence-corrected chi connectivity index (χ1v) is 34.2. The average molecular weight is 1210 g/mol. The van der Waals surface area contributed by atoms with Gasteiger partial charge in [-0.05, 0) is 141 Å². The summed E-state index contributed by atoms with van der Waals surface area (Å²) in [5, 5.41) is 31.7. The first kappa shape index (κ1) is 79.9. The molecule has 0 aromatic heterocycles. The van der Waals surface area contributed by atoms with E-state index in [1.165, 1.54) is 44.9 Å². The van der Waals surface area contributed by atoms with E-state index in [1.54, 1.807) is 0 Å². The molecule has 3 N–H and O–H groups in total. The van der Waals surface area contributed by atoms with Gasteiger partial charge in [0.25, 0.3) is 0 Å². The maximum absolute atomic E-state index is 13.2. The van der Waals surface area contributed by atoms with E-state index < -0.39 is 67.3 Å². The molecule has 1 rings (SSSR count). The second-order valence-corrected chi connectivity index (χ2v) is 22.7. The second kappa shape index (κ2) is 61.1. The van der Waals surface area contributed by atoms with Crippen LogP contribution in [0.25, 0.3) is 0 Å². The number of rotatable bonds is 57. The molecule has 0 radical (unpaired) electrons. The summed E-state index contributed by atoms with van der Waals surface area (Å²) >= 11 is 0. The molecule has 0 aliphatic carbocycles. The number of esters is 3. The first-order valence-electron chi connectivity index (χ1n) is 34.2. The zero-order valence-electron chi connectivity index (χ0n) is 54.5. The summed E-state index contributed by atoms with van der Waals surface area (Å²) in [6.45, 7) is 5.80. The Bertz CT molecular complexity index is 2020. The normalized spacial score (nSPS) is 18.2. The highest BCUT2D eigenvalue weighted by molar-refractivity contribution is 5.74. The number of hydrogen-bond acceptors (Lipinski definition) is 11. The van der Waals surface area contributed by atoms with Crippen molar-refractivity contribution < 1.29 is 58.2 Å². The number of aliphatic carboxylic acids is 1. The standard InChI is InChI=1S/C75H120O12/c1-4-7-10-13-16-19-22-25-28-31-34-37-40-43-46-49-52-55-58-61-67(76)83-64-66(85-68(77)62-59-56-53-50-47-44-41-38-35-32-29-26-23-20-17-14-11-8-5-2)65-84-75-73(71(80)70(79)72(87-75)74(81)82)86-69(78)63-60-57-54-51-48-45-42-39-36-33-30-27-24-21-18-15-12-9-6-3/h7,10,16-21,25-30,34-39,43,46,66,70-73,75,79-80H,4-6,8-9,11-15,22-24,31-33,40-42,44-45,47-65H2,1-3H3,(H,81,82)/b10-7-,19-16-,20-17-,21-18-,28-25-,29-26-,30-27-,37-34-,38-35-,39-36-,46-43-. The Morgan fingerprint density at radius 1 is 0.391 bits per heavy atom. The number of ether oxygens (including phenoxy) is 5. The van der Waals surface area contributed by atoms with Crippen LogP contribution in [0.3, 0.4) is 0 Å². The van der Waals surface area contributed by atoms with E-state index >= 15 is 0 Å². The maximum Gasteiger partial charge on any atom is 0.335 e. The third-order valence-corrected chi connectivity index (χ3v) is 14.7. The molecule has 0 saturated carbocycles. The lowest BCUT2D eigenvalue weighted by Crippen LogP contribution is -2.61. The lowest BCUT2D eigenvalue weighted by Gasteiger charge is -2.40. The molecule has 0 aromatic rings. The van der Waals surface area contributed by atoms with Gasteiger partial charge in [-0.3, -0.25) is 14.4 Å². The summed E-state index contributed by atoms with van der Waals surface area (Å²) < 4.78 is 28.5. The Morgan fingerprint density at radius 2 is 0.724 bits per heavy atom. The molecule has 1 heterocycles. The number of carboxylic acid groups (broad SMARTS) is 1. The summed E-state index contributed by atoms with van der Waals surface area (Å²) in [6, 6.07) is 0. The van der Waals surface area contributed by atoms with Crippen LogP contribution in [0.5, 0.6) is 0 Å². The third kappa shape index (κ3) is 50.4. The third-order valence-electron chi connectivity index (χ3n) is 14.7. The molecule has 1 fully saturated rings. The number of carboxylic acids is 1. The Hall–Kier alpha value is -5.14. The first-order chi connectivity index (χ1) is 42.6. The molecule has 6 unspecified atom stereocenters. The summed E-state index contributed by atoms with van der Waals surface area (Å²) in [5.41, 5.74) is 0. The monoisotopic (exact) mass is 1210 g/mol. The molecule has 1 aliphatic rings. The van der Waals surface area contributed by atoms with Gasteiger partial charge >= 0.3 is 23.9 Å².